The minimum atomic E-state index is -0.505. The number of anilines is 1. The molecule has 11 heteroatoms. The Morgan fingerprint density at radius 2 is 1.85 bits per heavy atom. The molecule has 1 saturated heterocycles. The van der Waals surface area contributed by atoms with Crippen molar-refractivity contribution in [2.24, 2.45) is 0 Å². The largest absolute Gasteiger partial charge is 0.287 e. The van der Waals surface area contributed by atoms with E-state index in [9.17, 15) is 14.9 Å². The number of nitro groups is 1. The molecule has 1 amide bonds. The third kappa shape index (κ3) is 4.36. The fourth-order valence-corrected chi connectivity index (χ4v) is 4.29. The number of carbonyl (C=O) groups is 1. The van der Waals surface area contributed by atoms with Crippen LogP contribution in [0.4, 0.5) is 11.4 Å². The molecule has 6 nitrogen and oxygen atoms in total. The lowest BCUT2D eigenvalue weighted by atomic mass is 10.2. The maximum atomic E-state index is 12.7. The number of rotatable bonds is 4. The molecule has 1 fully saturated rings. The summed E-state index contributed by atoms with van der Waals surface area (Å²) < 4.78 is 0.235. The first-order valence-electron chi connectivity index (χ1n) is 7.20. The molecule has 0 atom stereocenters. The Hall–Kier alpha value is -1.84. The average Bonchev–Trinajstić information content (AvgIpc) is 2.85. The number of thioether (sulfide) groups is 1. The zero-order valence-electron chi connectivity index (χ0n) is 13.1. The Labute approximate surface area is 178 Å². The van der Waals surface area contributed by atoms with Gasteiger partial charge >= 0.3 is 0 Å². The fourth-order valence-electron chi connectivity index (χ4n) is 2.20. The van der Waals surface area contributed by atoms with Crippen LogP contribution in [0.2, 0.25) is 15.1 Å². The number of hydrogen-bond donors (Lipinski definition) is 1. The lowest BCUT2D eigenvalue weighted by molar-refractivity contribution is -0.384. The van der Waals surface area contributed by atoms with E-state index in [1.807, 2.05) is 0 Å². The number of nitro benzene ring substituents is 1. The van der Waals surface area contributed by atoms with Gasteiger partial charge in [0, 0.05) is 17.2 Å². The molecule has 1 heterocycles. The maximum absolute atomic E-state index is 12.7. The van der Waals surface area contributed by atoms with E-state index in [1.54, 1.807) is 6.07 Å². The first-order valence-corrected chi connectivity index (χ1v) is 9.56. The maximum Gasteiger partial charge on any atom is 0.285 e. The van der Waals surface area contributed by atoms with Gasteiger partial charge in [0.25, 0.3) is 11.6 Å². The van der Waals surface area contributed by atoms with Crippen LogP contribution in [0, 0.1) is 10.1 Å². The zero-order valence-corrected chi connectivity index (χ0v) is 17.0. The van der Waals surface area contributed by atoms with Crippen molar-refractivity contribution in [2.45, 2.75) is 0 Å². The van der Waals surface area contributed by atoms with Crippen molar-refractivity contribution in [2.75, 3.05) is 5.43 Å². The lowest BCUT2D eigenvalue weighted by Crippen LogP contribution is -2.34. The summed E-state index contributed by atoms with van der Waals surface area (Å²) in [5, 5.41) is 12.8. The molecule has 27 heavy (non-hydrogen) atoms. The summed E-state index contributed by atoms with van der Waals surface area (Å²) in [5.41, 5.74) is 3.52. The number of halogens is 3. The predicted molar refractivity (Wildman–Crippen MR) is 113 cm³/mol. The van der Waals surface area contributed by atoms with Gasteiger partial charge < -0.3 is 0 Å². The summed E-state index contributed by atoms with van der Waals surface area (Å²) in [6.45, 7) is 0. The minimum absolute atomic E-state index is 0.0721. The number of nitrogens with zero attached hydrogens (tertiary/aromatic N) is 2. The molecule has 1 N–H and O–H groups in total. The number of nitrogens with one attached hydrogen (secondary N) is 1. The number of hydrogen-bond acceptors (Lipinski definition) is 6. The third-order valence-electron chi connectivity index (χ3n) is 3.40. The normalized spacial score (nSPS) is 15.5. The van der Waals surface area contributed by atoms with E-state index in [2.05, 4.69) is 5.43 Å². The van der Waals surface area contributed by atoms with E-state index < -0.39 is 10.8 Å². The van der Waals surface area contributed by atoms with Gasteiger partial charge in [0.05, 0.1) is 25.6 Å². The topological polar surface area (TPSA) is 75.5 Å². The summed E-state index contributed by atoms with van der Waals surface area (Å²) in [6, 6.07) is 8.89. The van der Waals surface area contributed by atoms with Gasteiger partial charge in [-0.05, 0) is 36.0 Å². The second-order valence-electron chi connectivity index (χ2n) is 5.23. The van der Waals surface area contributed by atoms with Crippen LogP contribution in [0.5, 0.6) is 0 Å². The first-order chi connectivity index (χ1) is 12.8. The number of carbonyl (C=O) groups excluding carboxylic acids is 1. The molecule has 2 aromatic carbocycles. The van der Waals surface area contributed by atoms with E-state index >= 15 is 0 Å². The first kappa shape index (κ1) is 19.9. The molecule has 0 bridgehead atoms. The molecule has 0 aliphatic carbocycles. The van der Waals surface area contributed by atoms with Gasteiger partial charge in [-0.1, -0.05) is 58.7 Å². The molecule has 3 rings (SSSR count). The third-order valence-corrected chi connectivity index (χ3v) is 5.52. The highest BCUT2D eigenvalue weighted by molar-refractivity contribution is 8.26. The predicted octanol–water partition coefficient (Wildman–Crippen LogP) is 5.78. The number of non-ortho nitro benzene ring substituents is 1. The van der Waals surface area contributed by atoms with Gasteiger partial charge in [-0.2, -0.15) is 0 Å². The van der Waals surface area contributed by atoms with Crippen molar-refractivity contribution >= 4 is 86.5 Å². The van der Waals surface area contributed by atoms with E-state index in [1.165, 1.54) is 36.4 Å². The molecule has 2 aromatic rings. The standard InChI is InChI=1S/C16H8Cl3N3O3S2/c17-9-6-11(18)14(12(19)7-9)20-21-15(23)13(27-16(21)26)5-8-2-1-3-10(4-8)22(24)25/h1-7,20H/b13-5+. The van der Waals surface area contributed by atoms with Crippen molar-refractivity contribution in [3.8, 4) is 0 Å². The van der Waals surface area contributed by atoms with Crippen LogP contribution >= 0.6 is 58.8 Å². The van der Waals surface area contributed by atoms with Crippen molar-refractivity contribution in [1.29, 1.82) is 0 Å². The molecule has 0 aromatic heterocycles. The SMILES string of the molecule is O=C1/C(=C\c2cccc([N+](=O)[O-])c2)SC(=S)N1Nc1c(Cl)cc(Cl)cc1Cl. The van der Waals surface area contributed by atoms with Gasteiger partial charge in [-0.3, -0.25) is 20.3 Å². The van der Waals surface area contributed by atoms with Gasteiger partial charge in [-0.15, -0.1) is 0 Å². The van der Waals surface area contributed by atoms with Crippen LogP contribution in [-0.4, -0.2) is 20.2 Å². The number of thiocarbonyl (C=S) groups is 1. The molecule has 1 aliphatic rings. The Bertz CT molecular complexity index is 990. The monoisotopic (exact) mass is 459 g/mol. The van der Waals surface area contributed by atoms with Crippen LogP contribution in [0.3, 0.4) is 0 Å². The van der Waals surface area contributed by atoms with Crippen molar-refractivity contribution in [1.82, 2.24) is 5.01 Å². The summed E-state index contributed by atoms with van der Waals surface area (Å²) in [6.07, 6.45) is 1.53. The molecule has 0 radical (unpaired) electrons. The van der Waals surface area contributed by atoms with E-state index in [4.69, 9.17) is 47.0 Å². The van der Waals surface area contributed by atoms with Crippen LogP contribution in [0.25, 0.3) is 6.08 Å². The summed E-state index contributed by atoms with van der Waals surface area (Å²) in [7, 11) is 0. The van der Waals surface area contributed by atoms with Crippen LogP contribution in [-0.2, 0) is 4.79 Å². The molecular formula is C16H8Cl3N3O3S2. The lowest BCUT2D eigenvalue weighted by Gasteiger charge is -2.19. The van der Waals surface area contributed by atoms with Gasteiger partial charge in [-0.25, -0.2) is 5.01 Å². The minimum Gasteiger partial charge on any atom is -0.287 e. The second kappa shape index (κ2) is 8.04. The molecule has 0 spiro atoms. The van der Waals surface area contributed by atoms with Gasteiger partial charge in [0.2, 0.25) is 0 Å². The highest BCUT2D eigenvalue weighted by Gasteiger charge is 2.33. The van der Waals surface area contributed by atoms with Crippen molar-refractivity contribution in [3.05, 3.63) is 72.0 Å². The zero-order chi connectivity index (χ0) is 19.7. The van der Waals surface area contributed by atoms with Crippen LogP contribution in [0.15, 0.2) is 41.3 Å². The Balaban J connectivity index is 1.88. The summed E-state index contributed by atoms with van der Waals surface area (Å²) in [4.78, 5) is 23.4. The number of hydrazine groups is 1. The quantitative estimate of drug-likeness (QED) is 0.270. The number of amides is 1. The molecule has 0 saturated carbocycles. The van der Waals surface area contributed by atoms with Crippen molar-refractivity contribution < 1.29 is 9.72 Å². The van der Waals surface area contributed by atoms with E-state index in [0.717, 1.165) is 16.8 Å². The van der Waals surface area contributed by atoms with Gasteiger partial charge in [0.1, 0.15) is 0 Å². The fraction of sp³-hybridized carbons (Fsp3) is 0. The highest BCUT2D eigenvalue weighted by atomic mass is 35.5. The Morgan fingerprint density at radius 1 is 1.19 bits per heavy atom. The van der Waals surface area contributed by atoms with Crippen molar-refractivity contribution in [3.63, 3.8) is 0 Å². The average molecular weight is 461 g/mol. The Kier molecular flexibility index (Phi) is 5.92. The summed E-state index contributed by atoms with van der Waals surface area (Å²) >= 11 is 24.4. The van der Waals surface area contributed by atoms with E-state index in [-0.39, 0.29) is 25.7 Å². The number of benzene rings is 2. The molecule has 1 aliphatic heterocycles. The summed E-state index contributed by atoms with van der Waals surface area (Å²) in [5.74, 6) is -0.432. The van der Waals surface area contributed by atoms with E-state index in [0.29, 0.717) is 15.5 Å². The molecular weight excluding hydrogens is 453 g/mol. The van der Waals surface area contributed by atoms with Crippen LogP contribution < -0.4 is 5.43 Å². The Morgan fingerprint density at radius 3 is 2.48 bits per heavy atom. The highest BCUT2D eigenvalue weighted by Crippen LogP contribution is 2.38. The molecule has 138 valence electrons. The molecule has 0 unspecified atom stereocenters. The second-order valence-corrected chi connectivity index (χ2v) is 8.15. The smallest absolute Gasteiger partial charge is 0.285 e. The van der Waals surface area contributed by atoms with Gasteiger partial charge in [0.15, 0.2) is 4.32 Å². The van der Waals surface area contributed by atoms with Crippen LogP contribution in [0.1, 0.15) is 5.56 Å².